The molecule has 0 saturated carbocycles. The van der Waals surface area contributed by atoms with Crippen LogP contribution in [0.25, 0.3) is 0 Å². The van der Waals surface area contributed by atoms with Gasteiger partial charge in [0.05, 0.1) is 6.20 Å². The number of piperazine rings is 1. The van der Waals surface area contributed by atoms with Crippen LogP contribution in [0.5, 0.6) is 0 Å². The van der Waals surface area contributed by atoms with Crippen molar-refractivity contribution >= 4 is 5.91 Å². The maximum Gasteiger partial charge on any atom is 0.309 e. The number of nitrogens with zero attached hydrogens (tertiary/aromatic N) is 2. The molecular formula is C17H21N3O2. The minimum Gasteiger partial charge on any atom is -0.437 e. The number of aromatic nitrogens is 1. The van der Waals surface area contributed by atoms with Crippen LogP contribution in [-0.2, 0) is 6.42 Å². The van der Waals surface area contributed by atoms with Gasteiger partial charge in [-0.25, -0.2) is 4.98 Å². The number of hydrogen-bond acceptors (Lipinski definition) is 4. The van der Waals surface area contributed by atoms with Crippen LogP contribution in [0.1, 0.15) is 35.9 Å². The highest BCUT2D eigenvalue weighted by Gasteiger charge is 2.31. The molecule has 0 radical (unpaired) electrons. The lowest BCUT2D eigenvalue weighted by Gasteiger charge is -2.38. The van der Waals surface area contributed by atoms with E-state index >= 15 is 0 Å². The van der Waals surface area contributed by atoms with Gasteiger partial charge < -0.3 is 14.6 Å². The number of nitrogens with one attached hydrogen (secondary N) is 1. The molecule has 3 rings (SSSR count). The normalized spacial score (nSPS) is 17.5. The second-order valence-corrected chi connectivity index (χ2v) is 6.33. The van der Waals surface area contributed by atoms with Gasteiger partial charge in [-0.1, -0.05) is 30.3 Å². The van der Waals surface area contributed by atoms with Crippen molar-refractivity contribution in [2.24, 2.45) is 0 Å². The molecule has 1 aromatic carbocycles. The molecule has 5 nitrogen and oxygen atoms in total. The van der Waals surface area contributed by atoms with E-state index in [9.17, 15) is 4.79 Å². The summed E-state index contributed by atoms with van der Waals surface area (Å²) in [5.74, 6) is 0.765. The predicted molar refractivity (Wildman–Crippen MR) is 83.7 cm³/mol. The highest BCUT2D eigenvalue weighted by atomic mass is 16.4. The summed E-state index contributed by atoms with van der Waals surface area (Å²) < 4.78 is 5.65. The highest BCUT2D eigenvalue weighted by Crippen LogP contribution is 2.15. The van der Waals surface area contributed by atoms with E-state index < -0.39 is 0 Å². The van der Waals surface area contributed by atoms with Crippen molar-refractivity contribution in [3.63, 3.8) is 0 Å². The van der Waals surface area contributed by atoms with Crippen LogP contribution in [0.2, 0.25) is 0 Å². The fourth-order valence-electron chi connectivity index (χ4n) is 2.74. The summed E-state index contributed by atoms with van der Waals surface area (Å²) in [7, 11) is 0. The van der Waals surface area contributed by atoms with Gasteiger partial charge in [0.15, 0.2) is 0 Å². The van der Waals surface area contributed by atoms with Gasteiger partial charge >= 0.3 is 5.91 Å². The van der Waals surface area contributed by atoms with E-state index in [0.717, 1.165) is 12.1 Å². The van der Waals surface area contributed by atoms with Crippen LogP contribution in [0.3, 0.4) is 0 Å². The lowest BCUT2D eigenvalue weighted by Crippen LogP contribution is -2.58. The molecule has 116 valence electrons. The van der Waals surface area contributed by atoms with E-state index in [1.54, 1.807) is 11.1 Å². The molecule has 1 fully saturated rings. The van der Waals surface area contributed by atoms with Crippen molar-refractivity contribution in [3.05, 3.63) is 53.7 Å². The summed E-state index contributed by atoms with van der Waals surface area (Å²) in [5, 5.41) is 3.39. The van der Waals surface area contributed by atoms with E-state index in [1.807, 2.05) is 30.3 Å². The average molecular weight is 299 g/mol. The summed E-state index contributed by atoms with van der Waals surface area (Å²) in [6, 6.07) is 10.0. The Bertz CT molecular complexity index is 649. The number of carbonyl (C=O) groups is 1. The van der Waals surface area contributed by atoms with Crippen molar-refractivity contribution in [1.82, 2.24) is 15.2 Å². The second kappa shape index (κ2) is 5.93. The first-order chi connectivity index (χ1) is 10.5. The number of hydrogen-bond donors (Lipinski definition) is 1. The van der Waals surface area contributed by atoms with Gasteiger partial charge in [-0.3, -0.25) is 4.79 Å². The molecule has 1 aliphatic heterocycles. The van der Waals surface area contributed by atoms with Crippen LogP contribution in [0.15, 0.2) is 40.9 Å². The SMILES string of the molecule is CC1(C)CN(C(=O)c2ncc(Cc3ccccc3)o2)CCN1. The second-order valence-electron chi connectivity index (χ2n) is 6.33. The molecule has 0 aliphatic carbocycles. The van der Waals surface area contributed by atoms with Gasteiger partial charge in [-0.05, 0) is 19.4 Å². The fraction of sp³-hybridized carbons (Fsp3) is 0.412. The Morgan fingerprint density at radius 2 is 2.14 bits per heavy atom. The largest absolute Gasteiger partial charge is 0.437 e. The Kier molecular flexibility index (Phi) is 3.98. The van der Waals surface area contributed by atoms with Gasteiger partial charge in [0.1, 0.15) is 5.76 Å². The molecular weight excluding hydrogens is 278 g/mol. The molecule has 1 amide bonds. The van der Waals surface area contributed by atoms with E-state index in [0.29, 0.717) is 25.3 Å². The van der Waals surface area contributed by atoms with Crippen molar-refractivity contribution in [2.75, 3.05) is 19.6 Å². The molecule has 0 unspecified atom stereocenters. The van der Waals surface area contributed by atoms with Gasteiger partial charge in [-0.2, -0.15) is 0 Å². The fourth-order valence-corrected chi connectivity index (χ4v) is 2.74. The number of oxazole rings is 1. The standard InChI is InChI=1S/C17H21N3O2/c1-17(2)12-20(9-8-19-17)16(21)15-18-11-14(22-15)10-13-6-4-3-5-7-13/h3-7,11,19H,8-10,12H2,1-2H3. The third kappa shape index (κ3) is 3.36. The molecule has 1 N–H and O–H groups in total. The van der Waals surface area contributed by atoms with Gasteiger partial charge in [0.2, 0.25) is 0 Å². The van der Waals surface area contributed by atoms with Gasteiger partial charge in [-0.15, -0.1) is 0 Å². The van der Waals surface area contributed by atoms with Crippen molar-refractivity contribution in [2.45, 2.75) is 25.8 Å². The highest BCUT2D eigenvalue weighted by molar-refractivity contribution is 5.89. The first-order valence-electron chi connectivity index (χ1n) is 7.56. The van der Waals surface area contributed by atoms with Crippen LogP contribution in [-0.4, -0.2) is 41.0 Å². The number of rotatable bonds is 3. The van der Waals surface area contributed by atoms with E-state index in [4.69, 9.17) is 4.42 Å². The van der Waals surface area contributed by atoms with Crippen molar-refractivity contribution < 1.29 is 9.21 Å². The first-order valence-corrected chi connectivity index (χ1v) is 7.56. The minimum absolute atomic E-state index is 0.0760. The zero-order chi connectivity index (χ0) is 15.6. The summed E-state index contributed by atoms with van der Waals surface area (Å²) >= 11 is 0. The predicted octanol–water partition coefficient (Wildman–Crippen LogP) is 2.09. The third-order valence-electron chi connectivity index (χ3n) is 3.82. The van der Waals surface area contributed by atoms with E-state index in [1.165, 1.54) is 0 Å². The summed E-state index contributed by atoms with van der Waals surface area (Å²) in [4.78, 5) is 18.5. The summed E-state index contributed by atoms with van der Waals surface area (Å²) in [6.07, 6.45) is 2.29. The Morgan fingerprint density at radius 1 is 1.36 bits per heavy atom. The third-order valence-corrected chi connectivity index (χ3v) is 3.82. The maximum atomic E-state index is 12.5. The first kappa shape index (κ1) is 14.8. The maximum absolute atomic E-state index is 12.5. The van der Waals surface area contributed by atoms with Crippen LogP contribution in [0, 0.1) is 0 Å². The Labute approximate surface area is 130 Å². The molecule has 0 spiro atoms. The monoisotopic (exact) mass is 299 g/mol. The average Bonchev–Trinajstić information content (AvgIpc) is 2.95. The summed E-state index contributed by atoms with van der Waals surface area (Å²) in [5.41, 5.74) is 1.06. The van der Waals surface area contributed by atoms with E-state index in [2.05, 4.69) is 24.1 Å². The number of amides is 1. The summed E-state index contributed by atoms with van der Waals surface area (Å²) in [6.45, 7) is 6.29. The van der Waals surface area contributed by atoms with Gasteiger partial charge in [0, 0.05) is 31.6 Å². The van der Waals surface area contributed by atoms with Gasteiger partial charge in [0.25, 0.3) is 5.89 Å². The van der Waals surface area contributed by atoms with Crippen LogP contribution in [0.4, 0.5) is 0 Å². The minimum atomic E-state index is -0.131. The molecule has 5 heteroatoms. The van der Waals surface area contributed by atoms with Crippen molar-refractivity contribution in [3.8, 4) is 0 Å². The molecule has 1 saturated heterocycles. The number of carbonyl (C=O) groups excluding carboxylic acids is 1. The van der Waals surface area contributed by atoms with E-state index in [-0.39, 0.29) is 17.3 Å². The molecule has 1 aromatic heterocycles. The van der Waals surface area contributed by atoms with Crippen LogP contribution >= 0.6 is 0 Å². The molecule has 22 heavy (non-hydrogen) atoms. The zero-order valence-corrected chi connectivity index (χ0v) is 13.0. The molecule has 2 aromatic rings. The Morgan fingerprint density at radius 3 is 2.86 bits per heavy atom. The zero-order valence-electron chi connectivity index (χ0n) is 13.0. The topological polar surface area (TPSA) is 58.4 Å². The lowest BCUT2D eigenvalue weighted by molar-refractivity contribution is 0.0611. The quantitative estimate of drug-likeness (QED) is 0.943. The smallest absolute Gasteiger partial charge is 0.309 e. The number of benzene rings is 1. The molecule has 0 bridgehead atoms. The molecule has 2 heterocycles. The Hall–Kier alpha value is -2.14. The Balaban J connectivity index is 1.69. The lowest BCUT2D eigenvalue weighted by atomic mass is 10.0. The molecule has 1 aliphatic rings. The van der Waals surface area contributed by atoms with Crippen LogP contribution < -0.4 is 5.32 Å². The van der Waals surface area contributed by atoms with Crippen molar-refractivity contribution in [1.29, 1.82) is 0 Å². The molecule has 0 atom stereocenters.